The average Bonchev–Trinajstić information content (AvgIpc) is 3.08. The molecular weight excluding hydrogens is 362 g/mol. The van der Waals surface area contributed by atoms with Gasteiger partial charge in [-0.25, -0.2) is 9.78 Å². The highest BCUT2D eigenvalue weighted by atomic mass is 32.1. The van der Waals surface area contributed by atoms with E-state index in [0.717, 1.165) is 22.7 Å². The third-order valence-electron chi connectivity index (χ3n) is 4.04. The summed E-state index contributed by atoms with van der Waals surface area (Å²) in [6, 6.07) is 5.41. The van der Waals surface area contributed by atoms with E-state index < -0.39 is 0 Å². The van der Waals surface area contributed by atoms with Gasteiger partial charge in [-0.3, -0.25) is 0 Å². The molecule has 0 spiro atoms. The minimum atomic E-state index is -0.163. The number of carbonyl (C=O) groups is 1. The van der Waals surface area contributed by atoms with Crippen LogP contribution in [0.15, 0.2) is 23.6 Å². The van der Waals surface area contributed by atoms with Gasteiger partial charge in [0.25, 0.3) is 0 Å². The van der Waals surface area contributed by atoms with Crippen molar-refractivity contribution in [3.8, 4) is 11.5 Å². The van der Waals surface area contributed by atoms with Gasteiger partial charge in [-0.05, 0) is 44.9 Å². The molecular formula is C20H29N3O3S. The van der Waals surface area contributed by atoms with Gasteiger partial charge < -0.3 is 19.7 Å². The number of hydrogen-bond donors (Lipinski definition) is 1. The highest BCUT2D eigenvalue weighted by molar-refractivity contribution is 7.09. The van der Waals surface area contributed by atoms with Crippen LogP contribution in [0.1, 0.15) is 50.0 Å². The van der Waals surface area contributed by atoms with Crippen molar-refractivity contribution >= 4 is 17.4 Å². The van der Waals surface area contributed by atoms with E-state index in [1.807, 2.05) is 44.4 Å². The van der Waals surface area contributed by atoms with E-state index in [-0.39, 0.29) is 18.2 Å². The Morgan fingerprint density at radius 1 is 1.30 bits per heavy atom. The van der Waals surface area contributed by atoms with Crippen molar-refractivity contribution in [2.45, 2.75) is 52.8 Å². The van der Waals surface area contributed by atoms with Gasteiger partial charge >= 0.3 is 6.03 Å². The molecule has 0 aliphatic rings. The summed E-state index contributed by atoms with van der Waals surface area (Å²) in [6.45, 7) is 8.45. The van der Waals surface area contributed by atoms with Gasteiger partial charge in [-0.1, -0.05) is 13.0 Å². The van der Waals surface area contributed by atoms with E-state index in [1.54, 1.807) is 30.4 Å². The Kier molecular flexibility index (Phi) is 7.47. The number of carbonyl (C=O) groups excluding carboxylic acids is 1. The number of amides is 2. The van der Waals surface area contributed by atoms with E-state index in [0.29, 0.717) is 18.0 Å². The maximum absolute atomic E-state index is 12.5. The summed E-state index contributed by atoms with van der Waals surface area (Å²) >= 11 is 1.63. The van der Waals surface area contributed by atoms with E-state index in [2.05, 4.69) is 17.2 Å². The molecule has 0 bridgehead atoms. The number of nitrogens with zero attached hydrogens (tertiary/aromatic N) is 2. The van der Waals surface area contributed by atoms with Gasteiger partial charge in [0.1, 0.15) is 0 Å². The zero-order valence-electron chi connectivity index (χ0n) is 16.9. The Bertz CT molecular complexity index is 761. The molecule has 1 unspecified atom stereocenters. The summed E-state index contributed by atoms with van der Waals surface area (Å²) in [5, 5.41) is 6.11. The quantitative estimate of drug-likeness (QED) is 0.724. The molecule has 1 aromatic carbocycles. The lowest BCUT2D eigenvalue weighted by molar-refractivity contribution is 0.203. The second kappa shape index (κ2) is 9.60. The highest BCUT2D eigenvalue weighted by Gasteiger charge is 2.17. The molecule has 7 heteroatoms. The maximum atomic E-state index is 12.5. The lowest BCUT2D eigenvalue weighted by Crippen LogP contribution is -2.38. The Morgan fingerprint density at radius 3 is 2.63 bits per heavy atom. The SMILES string of the molecule is CCc1nc(CN(C)C(=O)NC(C)c2ccc(OC(C)C)c(OC)c2)cs1. The largest absolute Gasteiger partial charge is 0.493 e. The molecule has 0 aliphatic carbocycles. The number of aryl methyl sites for hydroxylation is 1. The molecule has 148 valence electrons. The first kappa shape index (κ1) is 21.0. The van der Waals surface area contributed by atoms with Crippen molar-refractivity contribution in [1.82, 2.24) is 15.2 Å². The normalized spacial score (nSPS) is 12.0. The van der Waals surface area contributed by atoms with Gasteiger partial charge in [0, 0.05) is 12.4 Å². The van der Waals surface area contributed by atoms with Crippen LogP contribution in [0, 0.1) is 0 Å². The minimum Gasteiger partial charge on any atom is -0.493 e. The van der Waals surface area contributed by atoms with E-state index in [1.165, 1.54) is 0 Å². The fraction of sp³-hybridized carbons (Fsp3) is 0.500. The number of aromatic nitrogens is 1. The van der Waals surface area contributed by atoms with E-state index in [9.17, 15) is 4.79 Å². The molecule has 0 saturated carbocycles. The van der Waals surface area contributed by atoms with Crippen molar-refractivity contribution in [1.29, 1.82) is 0 Å². The first-order valence-electron chi connectivity index (χ1n) is 9.13. The van der Waals surface area contributed by atoms with E-state index >= 15 is 0 Å². The molecule has 2 amide bonds. The first-order chi connectivity index (χ1) is 12.8. The fourth-order valence-electron chi connectivity index (χ4n) is 2.58. The number of hydrogen-bond acceptors (Lipinski definition) is 5. The summed E-state index contributed by atoms with van der Waals surface area (Å²) in [5.74, 6) is 1.35. The summed E-state index contributed by atoms with van der Waals surface area (Å²) < 4.78 is 11.2. The van der Waals surface area contributed by atoms with Crippen LogP contribution in [0.4, 0.5) is 4.79 Å². The van der Waals surface area contributed by atoms with Crippen LogP contribution in [-0.4, -0.2) is 36.2 Å². The number of methoxy groups -OCH3 is 1. The van der Waals surface area contributed by atoms with Crippen LogP contribution in [0.5, 0.6) is 11.5 Å². The fourth-order valence-corrected chi connectivity index (χ4v) is 3.32. The third kappa shape index (κ3) is 5.85. The third-order valence-corrected chi connectivity index (χ3v) is 5.08. The highest BCUT2D eigenvalue weighted by Crippen LogP contribution is 2.31. The zero-order valence-corrected chi connectivity index (χ0v) is 17.7. The molecule has 1 heterocycles. The topological polar surface area (TPSA) is 63.7 Å². The van der Waals surface area contributed by atoms with Crippen LogP contribution in [-0.2, 0) is 13.0 Å². The summed E-state index contributed by atoms with van der Waals surface area (Å²) in [6.07, 6.45) is 0.977. The Labute approximate surface area is 165 Å². The molecule has 1 N–H and O–H groups in total. The maximum Gasteiger partial charge on any atom is 0.317 e. The molecule has 0 fully saturated rings. The number of nitrogens with one attached hydrogen (secondary N) is 1. The van der Waals surface area contributed by atoms with Crippen molar-refractivity contribution in [2.24, 2.45) is 0 Å². The number of ether oxygens (including phenoxy) is 2. The van der Waals surface area contributed by atoms with Crippen molar-refractivity contribution in [2.75, 3.05) is 14.2 Å². The van der Waals surface area contributed by atoms with Crippen LogP contribution in [0.3, 0.4) is 0 Å². The standard InChI is InChI=1S/C20H29N3O3S/c1-7-19-22-16(12-27-19)11-23(5)20(24)21-14(4)15-8-9-17(26-13(2)3)18(10-15)25-6/h8-10,12-14H,7,11H2,1-6H3,(H,21,24). The van der Waals surface area contributed by atoms with Crippen molar-refractivity contribution in [3.05, 3.63) is 39.8 Å². The van der Waals surface area contributed by atoms with Gasteiger partial charge in [0.2, 0.25) is 0 Å². The van der Waals surface area contributed by atoms with Gasteiger partial charge in [-0.2, -0.15) is 0 Å². The van der Waals surface area contributed by atoms with Crippen molar-refractivity contribution in [3.63, 3.8) is 0 Å². The Hall–Kier alpha value is -2.28. The number of urea groups is 1. The average molecular weight is 392 g/mol. The summed E-state index contributed by atoms with van der Waals surface area (Å²) in [5.41, 5.74) is 1.87. The smallest absolute Gasteiger partial charge is 0.317 e. The molecule has 2 aromatic rings. The Balaban J connectivity index is 2.00. The lowest BCUT2D eigenvalue weighted by atomic mass is 10.1. The molecule has 0 saturated heterocycles. The molecule has 1 aromatic heterocycles. The van der Waals surface area contributed by atoms with E-state index in [4.69, 9.17) is 9.47 Å². The van der Waals surface area contributed by atoms with Crippen molar-refractivity contribution < 1.29 is 14.3 Å². The van der Waals surface area contributed by atoms with Gasteiger partial charge in [-0.15, -0.1) is 11.3 Å². The molecule has 27 heavy (non-hydrogen) atoms. The minimum absolute atomic E-state index is 0.0643. The van der Waals surface area contributed by atoms with Crippen LogP contribution < -0.4 is 14.8 Å². The Morgan fingerprint density at radius 2 is 2.04 bits per heavy atom. The monoisotopic (exact) mass is 391 g/mol. The molecule has 0 aliphatic heterocycles. The summed E-state index contributed by atoms with van der Waals surface area (Å²) in [4.78, 5) is 18.7. The molecule has 1 atom stereocenters. The predicted molar refractivity (Wildman–Crippen MR) is 109 cm³/mol. The molecule has 6 nitrogen and oxygen atoms in total. The second-order valence-corrected chi connectivity index (χ2v) is 7.63. The second-order valence-electron chi connectivity index (χ2n) is 6.69. The van der Waals surface area contributed by atoms with Crippen LogP contribution in [0.2, 0.25) is 0 Å². The first-order valence-corrected chi connectivity index (χ1v) is 10.0. The number of rotatable bonds is 8. The van der Waals surface area contributed by atoms with Crippen LogP contribution >= 0.6 is 11.3 Å². The summed E-state index contributed by atoms with van der Waals surface area (Å²) in [7, 11) is 3.38. The zero-order chi connectivity index (χ0) is 20.0. The number of thiazole rings is 1. The van der Waals surface area contributed by atoms with Gasteiger partial charge in [0.05, 0.1) is 36.5 Å². The predicted octanol–water partition coefficient (Wildman–Crippen LogP) is 4.40. The van der Waals surface area contributed by atoms with Crippen LogP contribution in [0.25, 0.3) is 0 Å². The number of benzene rings is 1. The molecule has 0 radical (unpaired) electrons. The molecule has 2 rings (SSSR count). The van der Waals surface area contributed by atoms with Gasteiger partial charge in [0.15, 0.2) is 11.5 Å². The lowest BCUT2D eigenvalue weighted by Gasteiger charge is -2.22.